The van der Waals surface area contributed by atoms with Gasteiger partial charge in [-0.1, -0.05) is 59.8 Å². The Hall–Kier alpha value is -1.24. The average molecular weight is 315 g/mol. The largest absolute Gasteiger partial charge is 0.507 e. The minimum atomic E-state index is -0.0432. The number of hydrogen-bond acceptors (Lipinski definition) is 1. The summed E-state index contributed by atoms with van der Waals surface area (Å²) in [7, 11) is 0. The van der Waals surface area contributed by atoms with Crippen LogP contribution in [0.15, 0.2) is 24.8 Å². The summed E-state index contributed by atoms with van der Waals surface area (Å²) in [4.78, 5) is 0. The molecule has 1 heteroatoms. The maximum atomic E-state index is 10.8. The van der Waals surface area contributed by atoms with Crippen molar-refractivity contribution < 1.29 is 5.11 Å². The first kappa shape index (κ1) is 18.1. The van der Waals surface area contributed by atoms with E-state index in [0.29, 0.717) is 17.6 Å². The summed E-state index contributed by atoms with van der Waals surface area (Å²) in [5, 5.41) is 10.8. The lowest BCUT2D eigenvalue weighted by Crippen LogP contribution is -2.19. The molecule has 1 aliphatic carbocycles. The summed E-state index contributed by atoms with van der Waals surface area (Å²) in [6.45, 7) is 17.1. The van der Waals surface area contributed by atoms with Gasteiger partial charge in [-0.2, -0.15) is 0 Å². The van der Waals surface area contributed by atoms with Crippen LogP contribution in [0.3, 0.4) is 0 Å². The van der Waals surface area contributed by atoms with Crippen molar-refractivity contribution in [1.82, 2.24) is 0 Å². The molecule has 1 saturated carbocycles. The molecule has 0 saturated heterocycles. The van der Waals surface area contributed by atoms with E-state index < -0.39 is 0 Å². The predicted octanol–water partition coefficient (Wildman–Crippen LogP) is 6.45. The van der Waals surface area contributed by atoms with E-state index in [9.17, 15) is 5.11 Å². The molecule has 1 aromatic rings. The Labute approximate surface area is 142 Å². The molecule has 1 nitrogen and oxygen atoms in total. The minimum absolute atomic E-state index is 0.0432. The Kier molecular flexibility index (Phi) is 4.99. The van der Waals surface area contributed by atoms with Gasteiger partial charge in [0.2, 0.25) is 0 Å². The van der Waals surface area contributed by atoms with E-state index in [-0.39, 0.29) is 10.8 Å². The molecule has 1 aromatic carbocycles. The number of benzene rings is 1. The molecular formula is C22H34O. The third-order valence-electron chi connectivity index (χ3n) is 5.32. The number of hydrogen-bond donors (Lipinski definition) is 1. The maximum absolute atomic E-state index is 10.8. The van der Waals surface area contributed by atoms with Gasteiger partial charge in [0.1, 0.15) is 5.75 Å². The predicted molar refractivity (Wildman–Crippen MR) is 100 cm³/mol. The van der Waals surface area contributed by atoms with Gasteiger partial charge in [-0.05, 0) is 65.0 Å². The van der Waals surface area contributed by atoms with Crippen molar-refractivity contribution in [3.05, 3.63) is 41.5 Å². The fraction of sp³-hybridized carbons (Fsp3) is 0.636. The molecule has 1 N–H and O–H groups in total. The highest BCUT2D eigenvalue weighted by Crippen LogP contribution is 2.44. The van der Waals surface area contributed by atoms with Gasteiger partial charge in [-0.3, -0.25) is 0 Å². The highest BCUT2D eigenvalue weighted by Gasteiger charge is 2.29. The molecule has 0 aliphatic heterocycles. The molecule has 0 amide bonds. The molecular weight excluding hydrogens is 280 g/mol. The third kappa shape index (κ3) is 4.00. The summed E-state index contributed by atoms with van der Waals surface area (Å²) in [5.41, 5.74) is 3.51. The fourth-order valence-electron chi connectivity index (χ4n) is 3.72. The van der Waals surface area contributed by atoms with Gasteiger partial charge in [0.15, 0.2) is 0 Å². The third-order valence-corrected chi connectivity index (χ3v) is 5.32. The molecule has 0 spiro atoms. The smallest absolute Gasteiger partial charge is 0.123 e. The second-order valence-electron chi connectivity index (χ2n) is 9.31. The quantitative estimate of drug-likeness (QED) is 0.622. The van der Waals surface area contributed by atoms with Crippen LogP contribution in [-0.2, 0) is 10.8 Å². The Balaban J connectivity index is 2.46. The zero-order chi connectivity index (χ0) is 17.4. The highest BCUT2D eigenvalue weighted by atomic mass is 16.3. The van der Waals surface area contributed by atoms with Gasteiger partial charge < -0.3 is 5.11 Å². The molecule has 1 aliphatic rings. The average Bonchev–Trinajstić information content (AvgIpc) is 2.45. The first-order valence-electron chi connectivity index (χ1n) is 9.04. The summed E-state index contributed by atoms with van der Waals surface area (Å²) in [6.07, 6.45) is 7.06. The molecule has 0 unspecified atom stereocenters. The summed E-state index contributed by atoms with van der Waals surface area (Å²) >= 11 is 0. The molecule has 1 fully saturated rings. The molecule has 0 heterocycles. The van der Waals surface area contributed by atoms with Crippen molar-refractivity contribution in [2.24, 2.45) is 5.92 Å². The van der Waals surface area contributed by atoms with E-state index >= 15 is 0 Å². The summed E-state index contributed by atoms with van der Waals surface area (Å²) in [6, 6.07) is 4.53. The zero-order valence-corrected chi connectivity index (χ0v) is 15.9. The van der Waals surface area contributed by atoms with E-state index in [4.69, 9.17) is 0 Å². The van der Waals surface area contributed by atoms with Crippen LogP contribution < -0.4 is 0 Å². The zero-order valence-electron chi connectivity index (χ0n) is 15.9. The number of allylic oxidation sites excluding steroid dienone is 1. The number of aromatic hydroxyl groups is 1. The molecule has 0 atom stereocenters. The normalized spacial score (nSPS) is 22.9. The molecule has 0 aromatic heterocycles. The second kappa shape index (κ2) is 6.34. The van der Waals surface area contributed by atoms with Gasteiger partial charge in [0.25, 0.3) is 0 Å². The van der Waals surface area contributed by atoms with Crippen LogP contribution in [0.1, 0.15) is 89.8 Å². The lowest BCUT2D eigenvalue weighted by molar-refractivity contribution is 0.373. The topological polar surface area (TPSA) is 20.2 Å². The number of phenols is 1. The van der Waals surface area contributed by atoms with Crippen molar-refractivity contribution in [2.45, 2.75) is 84.0 Å². The first-order chi connectivity index (χ1) is 10.5. The van der Waals surface area contributed by atoms with Crippen LogP contribution in [0.5, 0.6) is 5.75 Å². The molecule has 128 valence electrons. The van der Waals surface area contributed by atoms with E-state index in [1.807, 2.05) is 0 Å². The van der Waals surface area contributed by atoms with Gasteiger partial charge in [0, 0.05) is 0 Å². The molecule has 2 rings (SSSR count). The van der Waals surface area contributed by atoms with Crippen LogP contribution in [0.25, 0.3) is 0 Å². The lowest BCUT2D eigenvalue weighted by atomic mass is 9.73. The maximum Gasteiger partial charge on any atom is 0.123 e. The van der Waals surface area contributed by atoms with Crippen LogP contribution in [-0.4, -0.2) is 5.11 Å². The first-order valence-corrected chi connectivity index (χ1v) is 9.04. The Morgan fingerprint density at radius 3 is 1.70 bits per heavy atom. The number of rotatable bonds is 2. The second-order valence-corrected chi connectivity index (χ2v) is 9.31. The lowest BCUT2D eigenvalue weighted by Gasteiger charge is -2.32. The van der Waals surface area contributed by atoms with E-state index in [2.05, 4.69) is 66.3 Å². The van der Waals surface area contributed by atoms with E-state index in [1.165, 1.54) is 31.2 Å². The van der Waals surface area contributed by atoms with Gasteiger partial charge in [-0.25, -0.2) is 0 Å². The van der Waals surface area contributed by atoms with Crippen LogP contribution in [0.2, 0.25) is 0 Å². The Morgan fingerprint density at radius 1 is 0.913 bits per heavy atom. The van der Waals surface area contributed by atoms with Gasteiger partial charge in [0.05, 0.1) is 0 Å². The van der Waals surface area contributed by atoms with Crippen LogP contribution in [0, 0.1) is 5.92 Å². The van der Waals surface area contributed by atoms with Crippen molar-refractivity contribution in [1.29, 1.82) is 0 Å². The fourth-order valence-corrected chi connectivity index (χ4v) is 3.72. The van der Waals surface area contributed by atoms with Crippen molar-refractivity contribution in [3.63, 3.8) is 0 Å². The van der Waals surface area contributed by atoms with Crippen molar-refractivity contribution in [3.8, 4) is 5.75 Å². The number of phenolic OH excluding ortho intramolecular Hbond substituents is 1. The standard InChI is InChI=1S/C22H34O/c1-8-15-9-11-16(12-10-15)17-13-18(21(2,3)4)20(23)19(14-17)22(5,6)7/h8,13-16,23H,1,9-12H2,2-7H3. The van der Waals surface area contributed by atoms with Crippen LogP contribution in [0.4, 0.5) is 0 Å². The molecule has 0 bridgehead atoms. The summed E-state index contributed by atoms with van der Waals surface area (Å²) < 4.78 is 0. The van der Waals surface area contributed by atoms with Gasteiger partial charge in [-0.15, -0.1) is 6.58 Å². The summed E-state index contributed by atoms with van der Waals surface area (Å²) in [5.74, 6) is 1.80. The Bertz CT molecular complexity index is 526. The van der Waals surface area contributed by atoms with Crippen LogP contribution >= 0.6 is 0 Å². The Morgan fingerprint density at radius 2 is 1.35 bits per heavy atom. The van der Waals surface area contributed by atoms with Gasteiger partial charge >= 0.3 is 0 Å². The molecule has 23 heavy (non-hydrogen) atoms. The van der Waals surface area contributed by atoms with E-state index in [0.717, 1.165) is 11.1 Å². The van der Waals surface area contributed by atoms with E-state index in [1.54, 1.807) is 0 Å². The van der Waals surface area contributed by atoms with Crippen molar-refractivity contribution in [2.75, 3.05) is 0 Å². The molecule has 0 radical (unpaired) electrons. The van der Waals surface area contributed by atoms with Crippen molar-refractivity contribution >= 4 is 0 Å². The highest BCUT2D eigenvalue weighted by molar-refractivity contribution is 5.50. The minimum Gasteiger partial charge on any atom is -0.507 e. The monoisotopic (exact) mass is 314 g/mol. The SMILES string of the molecule is C=CC1CCC(c2cc(C(C)(C)C)c(O)c(C(C)(C)C)c2)CC1.